The zero-order valence-corrected chi connectivity index (χ0v) is 14.0. The summed E-state index contributed by atoms with van der Waals surface area (Å²) in [4.78, 5) is 14.9. The fourth-order valence-corrected chi connectivity index (χ4v) is 3.97. The monoisotopic (exact) mass is 311 g/mol. The molecule has 1 aliphatic rings. The Kier molecular flexibility index (Phi) is 6.21. The maximum absolute atomic E-state index is 12.1. The van der Waals surface area contributed by atoms with E-state index in [0.29, 0.717) is 18.4 Å². The van der Waals surface area contributed by atoms with Gasteiger partial charge in [-0.25, -0.2) is 0 Å². The predicted molar refractivity (Wildman–Crippen MR) is 85.6 cm³/mol. The van der Waals surface area contributed by atoms with Crippen LogP contribution in [0.5, 0.6) is 0 Å². The maximum Gasteiger partial charge on any atom is 0.220 e. The number of hydrogen-bond donors (Lipinski definition) is 2. The Bertz CT molecular complexity index is 427. The van der Waals surface area contributed by atoms with Gasteiger partial charge in [-0.1, -0.05) is 19.9 Å². The molecule has 0 radical (unpaired) electrons. The number of rotatable bonds is 6. The van der Waals surface area contributed by atoms with Crippen LogP contribution in [0, 0.1) is 5.92 Å². The van der Waals surface area contributed by atoms with Gasteiger partial charge in [-0.2, -0.15) is 0 Å². The summed E-state index contributed by atoms with van der Waals surface area (Å²) in [5, 5.41) is 5.32. The SMILES string of the molecule is CC(C)CC(=O)N[C@H](C)[C@@H](c1cccs1)[NH+]1CCOCC1. The van der Waals surface area contributed by atoms with Gasteiger partial charge in [0.05, 0.1) is 24.1 Å². The molecule has 2 heterocycles. The normalized spacial score (nSPS) is 19.4. The molecule has 2 N–H and O–H groups in total. The minimum absolute atomic E-state index is 0.142. The Morgan fingerprint density at radius 2 is 2.10 bits per heavy atom. The van der Waals surface area contributed by atoms with Crippen LogP contribution in [0.1, 0.15) is 38.1 Å². The first kappa shape index (κ1) is 16.5. The number of nitrogens with one attached hydrogen (secondary N) is 2. The van der Waals surface area contributed by atoms with Gasteiger partial charge in [-0.15, -0.1) is 11.3 Å². The van der Waals surface area contributed by atoms with E-state index in [9.17, 15) is 4.79 Å². The van der Waals surface area contributed by atoms with Crippen molar-refractivity contribution in [3.8, 4) is 0 Å². The maximum atomic E-state index is 12.1. The quantitative estimate of drug-likeness (QED) is 0.830. The van der Waals surface area contributed by atoms with E-state index in [-0.39, 0.29) is 11.9 Å². The van der Waals surface area contributed by atoms with Crippen molar-refractivity contribution in [2.75, 3.05) is 26.3 Å². The molecule has 1 aromatic heterocycles. The first-order valence-corrected chi connectivity index (χ1v) is 8.71. The lowest BCUT2D eigenvalue weighted by Crippen LogP contribution is -3.15. The highest BCUT2D eigenvalue weighted by molar-refractivity contribution is 7.10. The van der Waals surface area contributed by atoms with Crippen LogP contribution in [0.4, 0.5) is 0 Å². The second-order valence-electron chi connectivity index (χ2n) is 6.22. The van der Waals surface area contributed by atoms with Crippen LogP contribution in [0.3, 0.4) is 0 Å². The summed E-state index contributed by atoms with van der Waals surface area (Å²) in [7, 11) is 0. The van der Waals surface area contributed by atoms with Gasteiger partial charge in [0.25, 0.3) is 0 Å². The summed E-state index contributed by atoms with van der Waals surface area (Å²) in [5.41, 5.74) is 0. The lowest BCUT2D eigenvalue weighted by Gasteiger charge is -2.34. The Balaban J connectivity index is 2.05. The molecule has 5 heteroatoms. The van der Waals surface area contributed by atoms with Crippen molar-refractivity contribution in [1.82, 2.24) is 5.32 Å². The molecule has 1 saturated heterocycles. The zero-order chi connectivity index (χ0) is 15.2. The van der Waals surface area contributed by atoms with E-state index in [0.717, 1.165) is 26.3 Å². The van der Waals surface area contributed by atoms with Crippen LogP contribution >= 0.6 is 11.3 Å². The average Bonchev–Trinajstić information content (AvgIpc) is 2.92. The number of thiophene rings is 1. The zero-order valence-electron chi connectivity index (χ0n) is 13.2. The van der Waals surface area contributed by atoms with E-state index in [1.807, 2.05) is 0 Å². The molecule has 0 aromatic carbocycles. The van der Waals surface area contributed by atoms with Gasteiger partial charge >= 0.3 is 0 Å². The van der Waals surface area contributed by atoms with Gasteiger partial charge in [-0.05, 0) is 24.3 Å². The van der Waals surface area contributed by atoms with Crippen molar-refractivity contribution in [3.63, 3.8) is 0 Å². The fourth-order valence-electron chi connectivity index (χ4n) is 2.98. The summed E-state index contributed by atoms with van der Waals surface area (Å²) >= 11 is 1.78. The Hall–Kier alpha value is -0.910. The number of carbonyl (C=O) groups excluding carboxylic acids is 1. The lowest BCUT2D eigenvalue weighted by molar-refractivity contribution is -0.939. The standard InChI is InChI=1S/C16H26N2O2S/c1-12(2)11-15(19)17-13(3)16(14-5-4-10-21-14)18-6-8-20-9-7-18/h4-5,10,12-13,16H,6-9,11H2,1-3H3,(H,17,19)/p+1/t13-,16+/m1/s1. The molecule has 2 atom stereocenters. The van der Waals surface area contributed by atoms with Crippen LogP contribution in [-0.2, 0) is 9.53 Å². The predicted octanol–water partition coefficient (Wildman–Crippen LogP) is 1.26. The first-order valence-electron chi connectivity index (χ1n) is 7.83. The van der Waals surface area contributed by atoms with Crippen LogP contribution in [0.15, 0.2) is 17.5 Å². The molecular weight excluding hydrogens is 284 g/mol. The minimum atomic E-state index is 0.142. The van der Waals surface area contributed by atoms with Crippen LogP contribution < -0.4 is 10.2 Å². The van der Waals surface area contributed by atoms with Crippen LogP contribution in [0.25, 0.3) is 0 Å². The van der Waals surface area contributed by atoms with E-state index < -0.39 is 0 Å². The lowest BCUT2D eigenvalue weighted by atomic mass is 10.0. The highest BCUT2D eigenvalue weighted by atomic mass is 32.1. The second kappa shape index (κ2) is 7.92. The van der Waals surface area contributed by atoms with E-state index in [2.05, 4.69) is 43.6 Å². The molecule has 1 aliphatic heterocycles. The van der Waals surface area contributed by atoms with Gasteiger partial charge in [0.1, 0.15) is 19.1 Å². The number of amides is 1. The molecule has 21 heavy (non-hydrogen) atoms. The van der Waals surface area contributed by atoms with Gasteiger partial charge in [-0.3, -0.25) is 4.79 Å². The molecule has 0 saturated carbocycles. The van der Waals surface area contributed by atoms with Crippen molar-refractivity contribution in [2.24, 2.45) is 5.92 Å². The fraction of sp³-hybridized carbons (Fsp3) is 0.688. The number of carbonyl (C=O) groups is 1. The summed E-state index contributed by atoms with van der Waals surface area (Å²) in [6.07, 6.45) is 0.597. The highest BCUT2D eigenvalue weighted by Gasteiger charge is 2.32. The van der Waals surface area contributed by atoms with Crippen LogP contribution in [-0.4, -0.2) is 38.3 Å². The van der Waals surface area contributed by atoms with Gasteiger partial charge < -0.3 is 15.0 Å². The molecule has 0 spiro atoms. The molecule has 1 aromatic rings. The number of ether oxygens (including phenoxy) is 1. The molecule has 0 aliphatic carbocycles. The Morgan fingerprint density at radius 1 is 1.38 bits per heavy atom. The highest BCUT2D eigenvalue weighted by Crippen LogP contribution is 2.20. The minimum Gasteiger partial charge on any atom is -0.370 e. The summed E-state index contributed by atoms with van der Waals surface area (Å²) < 4.78 is 5.48. The van der Waals surface area contributed by atoms with Crippen molar-refractivity contribution in [3.05, 3.63) is 22.4 Å². The topological polar surface area (TPSA) is 42.8 Å². The molecular formula is C16H27N2O2S+. The van der Waals surface area contributed by atoms with Gasteiger partial charge in [0, 0.05) is 6.42 Å². The molecule has 1 amide bonds. The second-order valence-corrected chi connectivity index (χ2v) is 7.20. The molecule has 118 valence electrons. The van der Waals surface area contributed by atoms with Crippen LogP contribution in [0.2, 0.25) is 0 Å². The van der Waals surface area contributed by atoms with Crippen molar-refractivity contribution in [1.29, 1.82) is 0 Å². The first-order chi connectivity index (χ1) is 10.1. The van der Waals surface area contributed by atoms with E-state index in [1.54, 1.807) is 11.3 Å². The van der Waals surface area contributed by atoms with Crippen molar-refractivity contribution < 1.29 is 14.4 Å². The van der Waals surface area contributed by atoms with Crippen molar-refractivity contribution >= 4 is 17.2 Å². The number of morpholine rings is 1. The Labute approximate surface area is 131 Å². The Morgan fingerprint density at radius 3 is 2.67 bits per heavy atom. The number of quaternary nitrogens is 1. The van der Waals surface area contributed by atoms with Gasteiger partial charge in [0.2, 0.25) is 5.91 Å². The van der Waals surface area contributed by atoms with Gasteiger partial charge in [0.15, 0.2) is 0 Å². The molecule has 2 rings (SSSR count). The summed E-state index contributed by atoms with van der Waals surface area (Å²) in [6.45, 7) is 9.92. The molecule has 1 fully saturated rings. The number of hydrogen-bond acceptors (Lipinski definition) is 3. The smallest absolute Gasteiger partial charge is 0.220 e. The largest absolute Gasteiger partial charge is 0.370 e. The summed E-state index contributed by atoms with van der Waals surface area (Å²) in [6, 6.07) is 4.74. The molecule has 4 nitrogen and oxygen atoms in total. The third-order valence-corrected chi connectivity index (χ3v) is 4.86. The molecule has 0 bridgehead atoms. The van der Waals surface area contributed by atoms with Crippen molar-refractivity contribution in [2.45, 2.75) is 39.3 Å². The van der Waals surface area contributed by atoms with E-state index in [4.69, 9.17) is 4.74 Å². The third-order valence-electron chi connectivity index (χ3n) is 3.91. The third kappa shape index (κ3) is 4.80. The molecule has 0 unspecified atom stereocenters. The van der Waals surface area contributed by atoms with E-state index in [1.165, 1.54) is 9.78 Å². The summed E-state index contributed by atoms with van der Waals surface area (Å²) in [5.74, 6) is 0.555. The average molecular weight is 311 g/mol. The van der Waals surface area contributed by atoms with E-state index >= 15 is 0 Å².